The van der Waals surface area contributed by atoms with Gasteiger partial charge in [-0.05, 0) is 12.8 Å². The first-order chi connectivity index (χ1) is 5.18. The van der Waals surface area contributed by atoms with Crippen molar-refractivity contribution in [2.45, 2.75) is 18.9 Å². The summed E-state index contributed by atoms with van der Waals surface area (Å²) in [5.74, 6) is -1.07. The predicted octanol–water partition coefficient (Wildman–Crippen LogP) is -0.0404. The van der Waals surface area contributed by atoms with E-state index in [2.05, 4.69) is 5.32 Å². The third kappa shape index (κ3) is 3.44. The first-order valence-corrected chi connectivity index (χ1v) is 3.35. The minimum atomic E-state index is -1.07. The molecule has 5 heteroatoms. The van der Waals surface area contributed by atoms with Gasteiger partial charge in [0.15, 0.2) is 0 Å². The first kappa shape index (κ1) is 7.84. The lowest BCUT2D eigenvalue weighted by molar-refractivity contribution is -0.135. The molecule has 1 rings (SSSR count). The Morgan fingerprint density at radius 3 is 2.64 bits per heavy atom. The number of rotatable bonds is 3. The van der Waals surface area contributed by atoms with Crippen LogP contribution in [0, 0.1) is 0 Å². The average molecular weight is 159 g/mol. The lowest BCUT2D eigenvalue weighted by Gasteiger charge is -2.01. The zero-order chi connectivity index (χ0) is 8.27. The molecule has 5 nitrogen and oxygen atoms in total. The molecule has 1 fully saturated rings. The molecule has 0 heterocycles. The molecule has 2 N–H and O–H groups in total. The van der Waals surface area contributed by atoms with E-state index >= 15 is 0 Å². The van der Waals surface area contributed by atoms with Crippen LogP contribution in [-0.4, -0.2) is 29.8 Å². The molecule has 1 aliphatic rings. The fraction of sp³-hybridized carbons (Fsp3) is 0.667. The number of amides is 1. The SMILES string of the molecule is O=C(O)CNC(=O)OC1CC1. The summed E-state index contributed by atoms with van der Waals surface area (Å²) in [6, 6.07) is 0. The number of carboxylic acid groups (broad SMARTS) is 1. The number of hydrogen-bond acceptors (Lipinski definition) is 3. The maximum absolute atomic E-state index is 10.6. The van der Waals surface area contributed by atoms with E-state index in [0.717, 1.165) is 12.8 Å². The Hall–Kier alpha value is -1.26. The Bertz CT molecular complexity index is 175. The van der Waals surface area contributed by atoms with Crippen LogP contribution < -0.4 is 5.32 Å². The molecule has 1 amide bonds. The number of hydrogen-bond donors (Lipinski definition) is 2. The minimum absolute atomic E-state index is 0.0174. The fourth-order valence-electron chi connectivity index (χ4n) is 0.527. The highest BCUT2D eigenvalue weighted by atomic mass is 16.6. The summed E-state index contributed by atoms with van der Waals surface area (Å²) in [6.07, 6.45) is 1.15. The number of carboxylic acids is 1. The molecule has 0 aromatic rings. The van der Waals surface area contributed by atoms with Crippen LogP contribution in [0.1, 0.15) is 12.8 Å². The number of carbonyl (C=O) groups excluding carboxylic acids is 1. The van der Waals surface area contributed by atoms with Crippen LogP contribution in [0.2, 0.25) is 0 Å². The van der Waals surface area contributed by atoms with Gasteiger partial charge in [0.2, 0.25) is 0 Å². The minimum Gasteiger partial charge on any atom is -0.480 e. The average Bonchev–Trinajstić information content (AvgIpc) is 2.67. The van der Waals surface area contributed by atoms with Crippen molar-refractivity contribution in [3.05, 3.63) is 0 Å². The second-order valence-electron chi connectivity index (χ2n) is 2.35. The zero-order valence-electron chi connectivity index (χ0n) is 5.87. The molecule has 0 saturated heterocycles. The van der Waals surface area contributed by atoms with E-state index in [-0.39, 0.29) is 12.6 Å². The number of aliphatic carboxylic acids is 1. The molecular weight excluding hydrogens is 150 g/mol. The number of alkyl carbamates (subject to hydrolysis) is 1. The molecule has 0 spiro atoms. The highest BCUT2D eigenvalue weighted by molar-refractivity contribution is 5.76. The van der Waals surface area contributed by atoms with Crippen molar-refractivity contribution in [3.63, 3.8) is 0 Å². The van der Waals surface area contributed by atoms with Gasteiger partial charge in [0.1, 0.15) is 12.6 Å². The Balaban J connectivity index is 2.04. The monoisotopic (exact) mass is 159 g/mol. The van der Waals surface area contributed by atoms with Crippen LogP contribution in [0.3, 0.4) is 0 Å². The third-order valence-electron chi connectivity index (χ3n) is 1.18. The van der Waals surface area contributed by atoms with Gasteiger partial charge in [-0.25, -0.2) is 4.79 Å². The molecule has 0 aliphatic heterocycles. The molecule has 11 heavy (non-hydrogen) atoms. The van der Waals surface area contributed by atoms with Gasteiger partial charge in [0.25, 0.3) is 0 Å². The van der Waals surface area contributed by atoms with Gasteiger partial charge in [0.05, 0.1) is 0 Å². The number of carbonyl (C=O) groups is 2. The van der Waals surface area contributed by atoms with E-state index < -0.39 is 12.1 Å². The van der Waals surface area contributed by atoms with Crippen LogP contribution in [-0.2, 0) is 9.53 Å². The first-order valence-electron chi connectivity index (χ1n) is 3.35. The Morgan fingerprint density at radius 2 is 2.18 bits per heavy atom. The summed E-state index contributed by atoms with van der Waals surface area (Å²) in [5, 5.41) is 10.2. The number of nitrogens with one attached hydrogen (secondary N) is 1. The van der Waals surface area contributed by atoms with Crippen molar-refractivity contribution in [2.24, 2.45) is 0 Å². The van der Waals surface area contributed by atoms with E-state index in [4.69, 9.17) is 9.84 Å². The largest absolute Gasteiger partial charge is 0.480 e. The third-order valence-corrected chi connectivity index (χ3v) is 1.18. The Labute approximate surface area is 63.3 Å². The van der Waals surface area contributed by atoms with Crippen LogP contribution in [0.25, 0.3) is 0 Å². The standard InChI is InChI=1S/C6H9NO4/c8-5(9)3-7-6(10)11-4-1-2-4/h4H,1-3H2,(H,7,10)(H,8,9). The van der Waals surface area contributed by atoms with Gasteiger partial charge in [0, 0.05) is 0 Å². The number of ether oxygens (including phenoxy) is 1. The summed E-state index contributed by atoms with van der Waals surface area (Å²) in [5.41, 5.74) is 0. The molecule has 0 radical (unpaired) electrons. The van der Waals surface area contributed by atoms with Gasteiger partial charge in [-0.1, -0.05) is 0 Å². The van der Waals surface area contributed by atoms with Gasteiger partial charge < -0.3 is 15.2 Å². The highest BCUT2D eigenvalue weighted by Crippen LogP contribution is 2.23. The quantitative estimate of drug-likeness (QED) is 0.605. The van der Waals surface area contributed by atoms with Crippen LogP contribution in [0.4, 0.5) is 4.79 Å². The maximum atomic E-state index is 10.6. The summed E-state index contributed by atoms with van der Waals surface area (Å²) < 4.78 is 4.70. The van der Waals surface area contributed by atoms with Crippen LogP contribution in [0.5, 0.6) is 0 Å². The lowest BCUT2D eigenvalue weighted by Crippen LogP contribution is -2.30. The van der Waals surface area contributed by atoms with Crippen LogP contribution in [0.15, 0.2) is 0 Å². The summed E-state index contributed by atoms with van der Waals surface area (Å²) in [6.45, 7) is -0.383. The normalized spacial score (nSPS) is 15.6. The van der Waals surface area contributed by atoms with Gasteiger partial charge in [-0.3, -0.25) is 4.79 Å². The Morgan fingerprint density at radius 1 is 1.55 bits per heavy atom. The van der Waals surface area contributed by atoms with Gasteiger partial charge >= 0.3 is 12.1 Å². The van der Waals surface area contributed by atoms with Crippen molar-refractivity contribution >= 4 is 12.1 Å². The van der Waals surface area contributed by atoms with Gasteiger partial charge in [-0.15, -0.1) is 0 Å². The van der Waals surface area contributed by atoms with E-state index in [0.29, 0.717) is 0 Å². The molecular formula is C6H9NO4. The van der Waals surface area contributed by atoms with E-state index in [1.807, 2.05) is 0 Å². The molecule has 0 bridgehead atoms. The molecule has 0 aromatic carbocycles. The molecule has 62 valence electrons. The second kappa shape index (κ2) is 3.23. The second-order valence-corrected chi connectivity index (χ2v) is 2.35. The predicted molar refractivity (Wildman–Crippen MR) is 35.1 cm³/mol. The molecule has 0 unspecified atom stereocenters. The Kier molecular flexibility index (Phi) is 2.30. The summed E-state index contributed by atoms with van der Waals surface area (Å²) >= 11 is 0. The van der Waals surface area contributed by atoms with E-state index in [1.165, 1.54) is 0 Å². The van der Waals surface area contributed by atoms with Gasteiger partial charge in [-0.2, -0.15) is 0 Å². The smallest absolute Gasteiger partial charge is 0.407 e. The molecule has 0 atom stereocenters. The van der Waals surface area contributed by atoms with Crippen molar-refractivity contribution in [1.82, 2.24) is 5.32 Å². The lowest BCUT2D eigenvalue weighted by atomic mass is 10.7. The molecule has 1 aliphatic carbocycles. The van der Waals surface area contributed by atoms with E-state index in [9.17, 15) is 9.59 Å². The topological polar surface area (TPSA) is 75.6 Å². The fourth-order valence-corrected chi connectivity index (χ4v) is 0.527. The van der Waals surface area contributed by atoms with Crippen molar-refractivity contribution in [3.8, 4) is 0 Å². The summed E-state index contributed by atoms with van der Waals surface area (Å²) in [7, 11) is 0. The maximum Gasteiger partial charge on any atom is 0.407 e. The van der Waals surface area contributed by atoms with E-state index in [1.54, 1.807) is 0 Å². The zero-order valence-corrected chi connectivity index (χ0v) is 5.87. The molecule has 1 saturated carbocycles. The van der Waals surface area contributed by atoms with Crippen molar-refractivity contribution < 1.29 is 19.4 Å². The highest BCUT2D eigenvalue weighted by Gasteiger charge is 2.25. The molecule has 0 aromatic heterocycles. The summed E-state index contributed by atoms with van der Waals surface area (Å²) in [4.78, 5) is 20.5. The van der Waals surface area contributed by atoms with Crippen LogP contribution >= 0.6 is 0 Å². The van der Waals surface area contributed by atoms with Crippen molar-refractivity contribution in [1.29, 1.82) is 0 Å². The van der Waals surface area contributed by atoms with Crippen molar-refractivity contribution in [2.75, 3.05) is 6.54 Å².